The summed E-state index contributed by atoms with van der Waals surface area (Å²) in [7, 11) is 0. The average Bonchev–Trinajstić information content (AvgIpc) is 2.48. The number of phenolic OH excluding ortho intramolecular Hbond substituents is 1. The number of aromatic hydroxyl groups is 1. The van der Waals surface area contributed by atoms with Crippen molar-refractivity contribution < 1.29 is 14.6 Å². The van der Waals surface area contributed by atoms with Crippen molar-refractivity contribution in [3.8, 4) is 5.75 Å². The van der Waals surface area contributed by atoms with Gasteiger partial charge in [-0.25, -0.2) is 4.79 Å². The zero-order valence-electron chi connectivity index (χ0n) is 11.6. The summed E-state index contributed by atoms with van der Waals surface area (Å²) < 4.78 is 5.76. The van der Waals surface area contributed by atoms with Gasteiger partial charge in [-0.15, -0.1) is 0 Å². The molecule has 2 N–H and O–H groups in total. The molecule has 0 atom stereocenters. The maximum atomic E-state index is 11.6. The molecule has 0 aliphatic heterocycles. The van der Waals surface area contributed by atoms with Crippen LogP contribution in [0.4, 0.5) is 5.69 Å². The fourth-order valence-corrected chi connectivity index (χ4v) is 2.33. The zero-order chi connectivity index (χ0) is 15.2. The number of rotatable bonds is 5. The molecule has 0 aliphatic rings. The first-order valence-corrected chi connectivity index (χ1v) is 7.38. The Hall–Kier alpha value is -2.01. The summed E-state index contributed by atoms with van der Waals surface area (Å²) in [6, 6.07) is 12.3. The molecule has 0 saturated carbocycles. The van der Waals surface area contributed by atoms with Gasteiger partial charge < -0.3 is 15.2 Å². The van der Waals surface area contributed by atoms with Crippen molar-refractivity contribution in [3.05, 3.63) is 58.1 Å². The first-order valence-electron chi connectivity index (χ1n) is 6.58. The Kier molecular flexibility index (Phi) is 5.22. The second-order valence-electron chi connectivity index (χ2n) is 4.44. The summed E-state index contributed by atoms with van der Waals surface area (Å²) in [6.07, 6.45) is 0. The van der Waals surface area contributed by atoms with Gasteiger partial charge in [-0.3, -0.25) is 0 Å². The monoisotopic (exact) mass is 349 g/mol. The van der Waals surface area contributed by atoms with E-state index in [-0.39, 0.29) is 11.7 Å². The Morgan fingerprint density at radius 1 is 1.24 bits per heavy atom. The highest BCUT2D eigenvalue weighted by Gasteiger charge is 2.09. The van der Waals surface area contributed by atoms with Gasteiger partial charge in [0, 0.05) is 16.7 Å². The number of hydrogen-bond donors (Lipinski definition) is 2. The highest BCUT2D eigenvalue weighted by Crippen LogP contribution is 2.25. The van der Waals surface area contributed by atoms with Crippen LogP contribution < -0.4 is 5.32 Å². The van der Waals surface area contributed by atoms with Crippen LogP contribution in [0.5, 0.6) is 5.75 Å². The summed E-state index contributed by atoms with van der Waals surface area (Å²) in [5.41, 5.74) is 2.45. The molecule has 4 nitrogen and oxygen atoms in total. The third kappa shape index (κ3) is 4.23. The second kappa shape index (κ2) is 7.13. The van der Waals surface area contributed by atoms with E-state index in [0.29, 0.717) is 18.7 Å². The Balaban J connectivity index is 2.04. The van der Waals surface area contributed by atoms with Crippen molar-refractivity contribution in [1.82, 2.24) is 0 Å². The van der Waals surface area contributed by atoms with Crippen molar-refractivity contribution in [3.63, 3.8) is 0 Å². The molecule has 0 radical (unpaired) electrons. The van der Waals surface area contributed by atoms with Gasteiger partial charge in [0.25, 0.3) is 0 Å². The van der Waals surface area contributed by atoms with Gasteiger partial charge in [-0.1, -0.05) is 12.1 Å². The summed E-state index contributed by atoms with van der Waals surface area (Å²) in [4.78, 5) is 11.6. The molecule has 2 aromatic carbocycles. The standard InChI is InChI=1S/C16H16BrNO3/c1-2-21-16(20)12-5-8-15(14(17)9-12)18-10-11-3-6-13(19)7-4-11/h3-9,18-19H,2,10H2,1H3. The van der Waals surface area contributed by atoms with Crippen LogP contribution >= 0.6 is 15.9 Å². The summed E-state index contributed by atoms with van der Waals surface area (Å²) >= 11 is 3.44. The molecule has 5 heteroatoms. The van der Waals surface area contributed by atoms with Gasteiger partial charge in [0.1, 0.15) is 5.75 Å². The number of anilines is 1. The van der Waals surface area contributed by atoms with Crippen molar-refractivity contribution in [2.75, 3.05) is 11.9 Å². The molecule has 110 valence electrons. The Morgan fingerprint density at radius 3 is 2.57 bits per heavy atom. The van der Waals surface area contributed by atoms with E-state index in [2.05, 4.69) is 21.2 Å². The molecule has 0 unspecified atom stereocenters. The highest BCUT2D eigenvalue weighted by atomic mass is 79.9. The lowest BCUT2D eigenvalue weighted by Crippen LogP contribution is -2.05. The molecular formula is C16H16BrNO3. The lowest BCUT2D eigenvalue weighted by molar-refractivity contribution is 0.0526. The van der Waals surface area contributed by atoms with E-state index < -0.39 is 0 Å². The Labute approximate surface area is 131 Å². The number of carbonyl (C=O) groups is 1. The molecule has 0 amide bonds. The lowest BCUT2D eigenvalue weighted by Gasteiger charge is -2.10. The van der Waals surface area contributed by atoms with Crippen LogP contribution in [-0.2, 0) is 11.3 Å². The van der Waals surface area contributed by atoms with E-state index in [4.69, 9.17) is 4.74 Å². The first-order chi connectivity index (χ1) is 10.1. The van der Waals surface area contributed by atoms with Crippen molar-refractivity contribution in [1.29, 1.82) is 0 Å². The summed E-state index contributed by atoms with van der Waals surface area (Å²) in [5, 5.41) is 12.5. The maximum Gasteiger partial charge on any atom is 0.338 e. The van der Waals surface area contributed by atoms with E-state index in [9.17, 15) is 9.90 Å². The molecule has 0 saturated heterocycles. The van der Waals surface area contributed by atoms with Crippen LogP contribution in [0, 0.1) is 0 Å². The number of carbonyl (C=O) groups excluding carboxylic acids is 1. The van der Waals surface area contributed by atoms with Gasteiger partial charge in [0.2, 0.25) is 0 Å². The number of hydrogen-bond acceptors (Lipinski definition) is 4. The SMILES string of the molecule is CCOC(=O)c1ccc(NCc2ccc(O)cc2)c(Br)c1. The zero-order valence-corrected chi connectivity index (χ0v) is 13.2. The normalized spacial score (nSPS) is 10.2. The van der Waals surface area contributed by atoms with Gasteiger partial charge in [0.15, 0.2) is 0 Å². The predicted octanol–water partition coefficient (Wildman–Crippen LogP) is 3.94. The van der Waals surface area contributed by atoms with Crippen LogP contribution in [0.1, 0.15) is 22.8 Å². The third-order valence-corrected chi connectivity index (χ3v) is 3.56. The molecule has 2 aromatic rings. The summed E-state index contributed by atoms with van der Waals surface area (Å²) in [6.45, 7) is 2.76. The fraction of sp³-hybridized carbons (Fsp3) is 0.188. The fourth-order valence-electron chi connectivity index (χ4n) is 1.81. The van der Waals surface area contributed by atoms with E-state index in [1.54, 1.807) is 31.2 Å². The number of nitrogens with one attached hydrogen (secondary N) is 1. The number of esters is 1. The first kappa shape index (κ1) is 15.4. The molecule has 21 heavy (non-hydrogen) atoms. The van der Waals surface area contributed by atoms with Crippen molar-refractivity contribution in [2.45, 2.75) is 13.5 Å². The molecule has 0 aliphatic carbocycles. The smallest absolute Gasteiger partial charge is 0.338 e. The molecule has 2 rings (SSSR count). The molecule has 0 bridgehead atoms. The van der Waals surface area contributed by atoms with Gasteiger partial charge >= 0.3 is 5.97 Å². The topological polar surface area (TPSA) is 58.6 Å². The van der Waals surface area contributed by atoms with Crippen LogP contribution in [-0.4, -0.2) is 17.7 Å². The average molecular weight is 350 g/mol. The number of ether oxygens (including phenoxy) is 1. The molecule has 0 spiro atoms. The third-order valence-electron chi connectivity index (χ3n) is 2.90. The Bertz CT molecular complexity index is 626. The van der Waals surface area contributed by atoms with E-state index >= 15 is 0 Å². The second-order valence-corrected chi connectivity index (χ2v) is 5.29. The van der Waals surface area contributed by atoms with Crippen LogP contribution in [0.15, 0.2) is 46.9 Å². The van der Waals surface area contributed by atoms with Crippen molar-refractivity contribution in [2.24, 2.45) is 0 Å². The molecule has 0 fully saturated rings. The van der Waals surface area contributed by atoms with Gasteiger partial charge in [-0.2, -0.15) is 0 Å². The predicted molar refractivity (Wildman–Crippen MR) is 85.5 cm³/mol. The molecule has 0 aromatic heterocycles. The van der Waals surface area contributed by atoms with Crippen molar-refractivity contribution >= 4 is 27.6 Å². The van der Waals surface area contributed by atoms with Crippen LogP contribution in [0.25, 0.3) is 0 Å². The Morgan fingerprint density at radius 2 is 1.95 bits per heavy atom. The minimum Gasteiger partial charge on any atom is -0.508 e. The van der Waals surface area contributed by atoms with Crippen LogP contribution in [0.3, 0.4) is 0 Å². The number of benzene rings is 2. The molecule has 0 heterocycles. The highest BCUT2D eigenvalue weighted by molar-refractivity contribution is 9.10. The maximum absolute atomic E-state index is 11.6. The number of phenols is 1. The molecular weight excluding hydrogens is 334 g/mol. The minimum absolute atomic E-state index is 0.249. The van der Waals surface area contributed by atoms with E-state index in [0.717, 1.165) is 15.7 Å². The minimum atomic E-state index is -0.330. The largest absolute Gasteiger partial charge is 0.508 e. The van der Waals surface area contributed by atoms with E-state index in [1.165, 1.54) is 0 Å². The van der Waals surface area contributed by atoms with Crippen LogP contribution in [0.2, 0.25) is 0 Å². The van der Waals surface area contributed by atoms with Gasteiger partial charge in [0.05, 0.1) is 12.2 Å². The summed E-state index contributed by atoms with van der Waals surface area (Å²) in [5.74, 6) is -0.0815. The number of halogens is 1. The quantitative estimate of drug-likeness (QED) is 0.802. The lowest BCUT2D eigenvalue weighted by atomic mass is 10.2. The van der Waals surface area contributed by atoms with Gasteiger partial charge in [-0.05, 0) is 58.7 Å². The van der Waals surface area contributed by atoms with E-state index in [1.807, 2.05) is 18.2 Å².